The van der Waals surface area contributed by atoms with Gasteiger partial charge < -0.3 is 0 Å². The van der Waals surface area contributed by atoms with E-state index in [0.717, 1.165) is 0 Å². The summed E-state index contributed by atoms with van der Waals surface area (Å²) in [4.78, 5) is 3.57. The molecule has 6 nitrogen and oxygen atoms in total. The van der Waals surface area contributed by atoms with Crippen LogP contribution in [0.5, 0.6) is 0 Å². The van der Waals surface area contributed by atoms with Gasteiger partial charge >= 0.3 is 0 Å². The molecule has 0 saturated carbocycles. The molecule has 0 fully saturated rings. The maximum Gasteiger partial charge on any atom is 0.287 e. The summed E-state index contributed by atoms with van der Waals surface area (Å²) in [6, 6.07) is 5.75. The van der Waals surface area contributed by atoms with Crippen LogP contribution in [0.25, 0.3) is 0 Å². The molecule has 18 heavy (non-hydrogen) atoms. The van der Waals surface area contributed by atoms with Gasteiger partial charge in [-0.25, -0.2) is 4.98 Å². The number of benzene rings is 1. The van der Waals surface area contributed by atoms with Crippen molar-refractivity contribution in [1.82, 2.24) is 9.55 Å². The molecular formula is C10H7FN4O2S. The van der Waals surface area contributed by atoms with Crippen LogP contribution in [0.4, 0.5) is 10.2 Å². The molecule has 0 saturated heterocycles. The summed E-state index contributed by atoms with van der Waals surface area (Å²) >= 11 is 0. The minimum Gasteiger partial charge on any atom is -0.273 e. The second-order valence-corrected chi connectivity index (χ2v) is 5.16. The molecule has 0 unspecified atom stereocenters. The van der Waals surface area contributed by atoms with Crippen LogP contribution in [-0.2, 0) is 10.0 Å². The Morgan fingerprint density at radius 2 is 2.00 bits per heavy atom. The fraction of sp³-hybridized carbons (Fsp3) is 0. The van der Waals surface area contributed by atoms with Crippen LogP contribution in [0.2, 0.25) is 0 Å². The third-order valence-corrected chi connectivity index (χ3v) is 3.77. The number of sulfonamides is 1. The van der Waals surface area contributed by atoms with Crippen molar-refractivity contribution in [3.63, 3.8) is 0 Å². The molecule has 3 rings (SSSR count). The van der Waals surface area contributed by atoms with Gasteiger partial charge in [0, 0.05) is 12.4 Å². The Balaban J connectivity index is 2.25. The predicted octanol–water partition coefficient (Wildman–Crippen LogP) is 1.18. The first kappa shape index (κ1) is 10.9. The van der Waals surface area contributed by atoms with E-state index in [4.69, 9.17) is 0 Å². The van der Waals surface area contributed by atoms with Gasteiger partial charge in [-0.05, 0) is 12.1 Å². The Morgan fingerprint density at radius 3 is 2.72 bits per heavy atom. The quantitative estimate of drug-likeness (QED) is 0.671. The molecule has 1 aromatic carbocycles. The van der Waals surface area contributed by atoms with E-state index < -0.39 is 10.0 Å². The van der Waals surface area contributed by atoms with Crippen molar-refractivity contribution in [2.75, 3.05) is 5.12 Å². The van der Waals surface area contributed by atoms with Gasteiger partial charge in [-0.1, -0.05) is 16.6 Å². The van der Waals surface area contributed by atoms with E-state index in [-0.39, 0.29) is 21.7 Å². The van der Waals surface area contributed by atoms with Crippen molar-refractivity contribution in [1.29, 1.82) is 0 Å². The Morgan fingerprint density at radius 1 is 1.22 bits per heavy atom. The highest BCUT2D eigenvalue weighted by Gasteiger charge is 2.31. The first-order valence-electron chi connectivity index (χ1n) is 4.98. The molecule has 1 aliphatic rings. The number of fused-ring (bicyclic) bond motifs is 1. The number of para-hydroxylation sites is 1. The van der Waals surface area contributed by atoms with Crippen LogP contribution in [0, 0.1) is 0 Å². The van der Waals surface area contributed by atoms with Crippen LogP contribution in [0.1, 0.15) is 0 Å². The highest BCUT2D eigenvalue weighted by atomic mass is 32.2. The van der Waals surface area contributed by atoms with Gasteiger partial charge in [0.15, 0.2) is 0 Å². The lowest BCUT2D eigenvalue weighted by atomic mass is 10.3. The van der Waals surface area contributed by atoms with Crippen molar-refractivity contribution in [2.45, 2.75) is 4.90 Å². The summed E-state index contributed by atoms with van der Waals surface area (Å²) in [7, 11) is -3.89. The van der Waals surface area contributed by atoms with Gasteiger partial charge in [-0.2, -0.15) is 8.42 Å². The molecule has 1 aromatic heterocycles. The number of anilines is 1. The maximum absolute atomic E-state index is 14.1. The van der Waals surface area contributed by atoms with Gasteiger partial charge in [0.1, 0.15) is 11.2 Å². The van der Waals surface area contributed by atoms with Crippen molar-refractivity contribution in [3.05, 3.63) is 43.0 Å². The topological polar surface area (TPSA) is 67.6 Å². The molecule has 92 valence electrons. The summed E-state index contributed by atoms with van der Waals surface area (Å²) in [5, 5.41) is 0.220. The van der Waals surface area contributed by atoms with E-state index >= 15 is 0 Å². The zero-order valence-electron chi connectivity index (χ0n) is 8.93. The molecular weight excluding hydrogens is 259 g/mol. The minimum atomic E-state index is -3.89. The van der Waals surface area contributed by atoms with Crippen molar-refractivity contribution in [2.24, 2.45) is 4.40 Å². The van der Waals surface area contributed by atoms with E-state index in [1.165, 1.54) is 41.5 Å². The van der Waals surface area contributed by atoms with E-state index in [2.05, 4.69) is 9.38 Å². The predicted molar refractivity (Wildman–Crippen MR) is 62.3 cm³/mol. The van der Waals surface area contributed by atoms with Crippen LogP contribution in [-0.4, -0.2) is 23.9 Å². The number of nitrogens with zero attached hydrogens (tertiary/aromatic N) is 4. The molecule has 0 amide bonds. The number of aromatic nitrogens is 2. The fourth-order valence-corrected chi connectivity index (χ4v) is 2.81. The maximum atomic E-state index is 14.1. The molecule has 2 aromatic rings. The lowest BCUT2D eigenvalue weighted by Crippen LogP contribution is -2.33. The van der Waals surface area contributed by atoms with Gasteiger partial charge in [-0.3, -0.25) is 4.57 Å². The van der Waals surface area contributed by atoms with E-state index in [1.54, 1.807) is 6.07 Å². The fourth-order valence-electron chi connectivity index (χ4n) is 1.66. The zero-order valence-corrected chi connectivity index (χ0v) is 9.75. The lowest BCUT2D eigenvalue weighted by molar-refractivity contribution is 0.503. The van der Waals surface area contributed by atoms with Crippen LogP contribution < -0.4 is 5.12 Å². The Hall–Kier alpha value is -2.22. The van der Waals surface area contributed by atoms with Gasteiger partial charge in [-0.15, -0.1) is 9.52 Å². The summed E-state index contributed by atoms with van der Waals surface area (Å²) < 4.78 is 42.6. The average molecular weight is 266 g/mol. The SMILES string of the molecule is O=S1(=O)N=C(n2ccnc2)N(F)c2ccccc21. The lowest BCUT2D eigenvalue weighted by Gasteiger charge is -2.22. The van der Waals surface area contributed by atoms with Crippen molar-refractivity contribution < 1.29 is 12.9 Å². The largest absolute Gasteiger partial charge is 0.287 e. The molecule has 0 spiro atoms. The van der Waals surface area contributed by atoms with Gasteiger partial charge in [0.25, 0.3) is 16.0 Å². The minimum absolute atomic E-state index is 0.0591. The highest BCUT2D eigenvalue weighted by molar-refractivity contribution is 7.90. The molecule has 0 bridgehead atoms. The summed E-state index contributed by atoms with van der Waals surface area (Å²) in [5.41, 5.74) is -0.0591. The Labute approximate surface area is 102 Å². The van der Waals surface area contributed by atoms with Gasteiger partial charge in [0.2, 0.25) is 0 Å². The number of rotatable bonds is 0. The molecule has 8 heteroatoms. The van der Waals surface area contributed by atoms with Crippen LogP contribution in [0.15, 0.2) is 52.3 Å². The summed E-state index contributed by atoms with van der Waals surface area (Å²) in [6.07, 6.45) is 4.09. The van der Waals surface area contributed by atoms with Crippen LogP contribution in [0.3, 0.4) is 0 Å². The molecule has 2 heterocycles. The van der Waals surface area contributed by atoms with Gasteiger partial charge in [0.05, 0.1) is 5.69 Å². The third-order valence-electron chi connectivity index (χ3n) is 2.47. The number of hydrogen-bond donors (Lipinski definition) is 0. The first-order chi connectivity index (χ1) is 8.59. The van der Waals surface area contributed by atoms with Crippen molar-refractivity contribution in [3.8, 4) is 0 Å². The second kappa shape index (κ2) is 3.64. The molecule has 0 atom stereocenters. The van der Waals surface area contributed by atoms with E-state index in [1.807, 2.05) is 0 Å². The number of hydrogen-bond acceptors (Lipinski definition) is 4. The second-order valence-electron chi connectivity index (χ2n) is 3.58. The number of imidazole rings is 1. The molecule has 0 N–H and O–H groups in total. The zero-order chi connectivity index (χ0) is 12.8. The highest BCUT2D eigenvalue weighted by Crippen LogP contribution is 2.31. The molecule has 0 aliphatic carbocycles. The van der Waals surface area contributed by atoms with E-state index in [0.29, 0.717) is 0 Å². The monoisotopic (exact) mass is 266 g/mol. The van der Waals surface area contributed by atoms with Crippen LogP contribution >= 0.6 is 0 Å². The normalized spacial score (nSPS) is 17.2. The Bertz CT molecular complexity index is 724. The molecule has 0 radical (unpaired) electrons. The van der Waals surface area contributed by atoms with Crippen molar-refractivity contribution >= 4 is 21.7 Å². The Kier molecular flexibility index (Phi) is 2.20. The molecule has 1 aliphatic heterocycles. The standard InChI is InChI=1S/C10H7FN4O2S/c11-15-8-3-1-2-4-9(8)18(16,17)13-10(15)14-6-5-12-7-14/h1-7H. The third kappa shape index (κ3) is 1.50. The average Bonchev–Trinajstić information content (AvgIpc) is 2.88. The number of halogens is 1. The summed E-state index contributed by atoms with van der Waals surface area (Å²) in [6.45, 7) is 0. The van der Waals surface area contributed by atoms with E-state index in [9.17, 15) is 12.9 Å². The summed E-state index contributed by atoms with van der Waals surface area (Å²) in [5.74, 6) is -0.355. The smallest absolute Gasteiger partial charge is 0.273 e. The first-order valence-corrected chi connectivity index (χ1v) is 6.42.